The second-order valence-electron chi connectivity index (χ2n) is 4.80. The fourth-order valence-corrected chi connectivity index (χ4v) is 2.58. The van der Waals surface area contributed by atoms with Crippen LogP contribution in [0.4, 0.5) is 5.69 Å². The lowest BCUT2D eigenvalue weighted by atomic mass is 9.92. The van der Waals surface area contributed by atoms with Crippen LogP contribution in [0.5, 0.6) is 0 Å². The summed E-state index contributed by atoms with van der Waals surface area (Å²) in [5, 5.41) is 0.410. The Morgan fingerprint density at radius 2 is 1.68 bits per heavy atom. The first kappa shape index (κ1) is 13.6. The monoisotopic (exact) mass is 273 g/mol. The molecule has 0 fully saturated rings. The second kappa shape index (κ2) is 5.06. The molecule has 0 bridgehead atoms. The number of benzene rings is 2. The molecule has 0 heterocycles. The van der Waals surface area contributed by atoms with E-state index in [1.165, 1.54) is 0 Å². The molecule has 98 valence electrons. The van der Waals surface area contributed by atoms with Crippen LogP contribution in [-0.4, -0.2) is 5.78 Å². The maximum absolute atomic E-state index is 12.6. The van der Waals surface area contributed by atoms with E-state index in [1.807, 2.05) is 32.9 Å². The van der Waals surface area contributed by atoms with Gasteiger partial charge in [0.1, 0.15) is 0 Å². The summed E-state index contributed by atoms with van der Waals surface area (Å²) in [6.07, 6.45) is 0. The van der Waals surface area contributed by atoms with E-state index in [9.17, 15) is 4.79 Å². The molecule has 0 aliphatic rings. The first-order chi connectivity index (χ1) is 8.91. The molecule has 0 saturated heterocycles. The van der Waals surface area contributed by atoms with Crippen LogP contribution in [0.2, 0.25) is 5.02 Å². The highest BCUT2D eigenvalue weighted by molar-refractivity contribution is 6.34. The van der Waals surface area contributed by atoms with E-state index in [0.29, 0.717) is 21.8 Å². The van der Waals surface area contributed by atoms with E-state index in [2.05, 4.69) is 0 Å². The molecule has 2 aromatic carbocycles. The summed E-state index contributed by atoms with van der Waals surface area (Å²) in [5.74, 6) is -0.0741. The Labute approximate surface area is 118 Å². The lowest BCUT2D eigenvalue weighted by Crippen LogP contribution is -2.09. The van der Waals surface area contributed by atoms with E-state index in [1.54, 1.807) is 18.2 Å². The summed E-state index contributed by atoms with van der Waals surface area (Å²) in [6.45, 7) is 5.89. The number of ketones is 1. The number of halogens is 1. The molecule has 0 aliphatic heterocycles. The van der Waals surface area contributed by atoms with Gasteiger partial charge >= 0.3 is 0 Å². The molecule has 0 aliphatic carbocycles. The van der Waals surface area contributed by atoms with Crippen molar-refractivity contribution in [1.82, 2.24) is 0 Å². The second-order valence-corrected chi connectivity index (χ2v) is 5.21. The van der Waals surface area contributed by atoms with Crippen molar-refractivity contribution in [3.8, 4) is 0 Å². The number of carbonyl (C=O) groups excluding carboxylic acids is 1. The topological polar surface area (TPSA) is 43.1 Å². The Bertz CT molecular complexity index is 639. The Balaban J connectivity index is 2.60. The van der Waals surface area contributed by atoms with Gasteiger partial charge in [-0.25, -0.2) is 0 Å². The molecule has 0 radical (unpaired) electrons. The van der Waals surface area contributed by atoms with Crippen molar-refractivity contribution >= 4 is 23.1 Å². The maximum Gasteiger partial charge on any atom is 0.195 e. The number of carbonyl (C=O) groups is 1. The predicted octanol–water partition coefficient (Wildman–Crippen LogP) is 4.08. The number of nitrogen functional groups attached to an aromatic ring is 1. The summed E-state index contributed by atoms with van der Waals surface area (Å²) >= 11 is 5.97. The van der Waals surface area contributed by atoms with Gasteiger partial charge in [-0.3, -0.25) is 4.79 Å². The third-order valence-electron chi connectivity index (χ3n) is 3.20. The maximum atomic E-state index is 12.6. The van der Waals surface area contributed by atoms with Gasteiger partial charge < -0.3 is 5.73 Å². The quantitative estimate of drug-likeness (QED) is 0.662. The normalized spacial score (nSPS) is 10.5. The van der Waals surface area contributed by atoms with Gasteiger partial charge in [0, 0.05) is 11.1 Å². The van der Waals surface area contributed by atoms with Crippen LogP contribution in [-0.2, 0) is 0 Å². The van der Waals surface area contributed by atoms with Crippen LogP contribution in [0, 0.1) is 20.8 Å². The van der Waals surface area contributed by atoms with Crippen molar-refractivity contribution in [2.75, 3.05) is 5.73 Å². The van der Waals surface area contributed by atoms with Gasteiger partial charge in [0.2, 0.25) is 0 Å². The summed E-state index contributed by atoms with van der Waals surface area (Å²) in [4.78, 5) is 12.6. The highest BCUT2D eigenvalue weighted by atomic mass is 35.5. The fraction of sp³-hybridized carbons (Fsp3) is 0.188. The minimum atomic E-state index is -0.0741. The van der Waals surface area contributed by atoms with Gasteiger partial charge in [-0.1, -0.05) is 35.4 Å². The number of para-hydroxylation sites is 1. The minimum absolute atomic E-state index is 0.0741. The SMILES string of the molecule is Cc1cc(C)c(C(=O)c2cccc(Cl)c2N)c(C)c1. The van der Waals surface area contributed by atoms with Crippen molar-refractivity contribution in [1.29, 1.82) is 0 Å². The molecule has 2 N–H and O–H groups in total. The largest absolute Gasteiger partial charge is 0.397 e. The van der Waals surface area contributed by atoms with Gasteiger partial charge in [0.15, 0.2) is 5.78 Å². The van der Waals surface area contributed by atoms with Crippen molar-refractivity contribution < 1.29 is 4.79 Å². The van der Waals surface area contributed by atoms with Crippen molar-refractivity contribution in [3.63, 3.8) is 0 Å². The summed E-state index contributed by atoms with van der Waals surface area (Å²) in [5.41, 5.74) is 10.5. The van der Waals surface area contributed by atoms with Crippen LogP contribution in [0.1, 0.15) is 32.6 Å². The van der Waals surface area contributed by atoms with Gasteiger partial charge in [-0.05, 0) is 44.0 Å². The Hall–Kier alpha value is -1.80. The smallest absolute Gasteiger partial charge is 0.195 e. The van der Waals surface area contributed by atoms with Gasteiger partial charge in [-0.15, -0.1) is 0 Å². The number of hydrogen-bond donors (Lipinski definition) is 1. The Morgan fingerprint density at radius 3 is 2.26 bits per heavy atom. The lowest BCUT2D eigenvalue weighted by Gasteiger charge is -2.12. The molecule has 0 unspecified atom stereocenters. The van der Waals surface area contributed by atoms with Gasteiger partial charge in [0.25, 0.3) is 0 Å². The van der Waals surface area contributed by atoms with Crippen molar-refractivity contribution in [2.45, 2.75) is 20.8 Å². The first-order valence-electron chi connectivity index (χ1n) is 6.08. The summed E-state index contributed by atoms with van der Waals surface area (Å²) in [7, 11) is 0. The van der Waals surface area contributed by atoms with E-state index >= 15 is 0 Å². The third kappa shape index (κ3) is 2.49. The predicted molar refractivity (Wildman–Crippen MR) is 79.9 cm³/mol. The lowest BCUT2D eigenvalue weighted by molar-refractivity contribution is 0.103. The average molecular weight is 274 g/mol. The van der Waals surface area contributed by atoms with Crippen LogP contribution in [0.25, 0.3) is 0 Å². The molecular weight excluding hydrogens is 258 g/mol. The summed E-state index contributed by atoms with van der Waals surface area (Å²) in [6, 6.07) is 9.14. The number of nitrogens with two attached hydrogens (primary N) is 1. The van der Waals surface area contributed by atoms with E-state index in [0.717, 1.165) is 16.7 Å². The zero-order chi connectivity index (χ0) is 14.2. The molecule has 0 saturated carbocycles. The molecule has 0 amide bonds. The molecule has 3 heteroatoms. The van der Waals surface area contributed by atoms with Crippen LogP contribution < -0.4 is 5.73 Å². The van der Waals surface area contributed by atoms with Gasteiger partial charge in [0.05, 0.1) is 10.7 Å². The average Bonchev–Trinajstić information content (AvgIpc) is 2.31. The number of hydrogen-bond acceptors (Lipinski definition) is 2. The molecule has 19 heavy (non-hydrogen) atoms. The van der Waals surface area contributed by atoms with Crippen molar-refractivity contribution in [2.24, 2.45) is 0 Å². The minimum Gasteiger partial charge on any atom is -0.397 e. The molecular formula is C16H16ClNO. The van der Waals surface area contributed by atoms with Crippen LogP contribution in [0.15, 0.2) is 30.3 Å². The number of rotatable bonds is 2. The fourth-order valence-electron chi connectivity index (χ4n) is 2.41. The highest BCUT2D eigenvalue weighted by Gasteiger charge is 2.18. The molecule has 0 spiro atoms. The molecule has 2 aromatic rings. The molecule has 0 aromatic heterocycles. The molecule has 2 rings (SSSR count). The van der Waals surface area contributed by atoms with Crippen LogP contribution >= 0.6 is 11.6 Å². The highest BCUT2D eigenvalue weighted by Crippen LogP contribution is 2.27. The molecule has 2 nitrogen and oxygen atoms in total. The van der Waals surface area contributed by atoms with E-state index in [4.69, 9.17) is 17.3 Å². The first-order valence-corrected chi connectivity index (χ1v) is 6.46. The number of aryl methyl sites for hydroxylation is 3. The van der Waals surface area contributed by atoms with Crippen LogP contribution in [0.3, 0.4) is 0 Å². The van der Waals surface area contributed by atoms with E-state index < -0.39 is 0 Å². The van der Waals surface area contributed by atoms with E-state index in [-0.39, 0.29) is 5.78 Å². The summed E-state index contributed by atoms with van der Waals surface area (Å²) < 4.78 is 0. The third-order valence-corrected chi connectivity index (χ3v) is 3.53. The van der Waals surface area contributed by atoms with Gasteiger partial charge in [-0.2, -0.15) is 0 Å². The Morgan fingerprint density at radius 1 is 1.11 bits per heavy atom. The zero-order valence-electron chi connectivity index (χ0n) is 11.3. The Kier molecular flexibility index (Phi) is 3.63. The molecule has 0 atom stereocenters. The number of anilines is 1. The zero-order valence-corrected chi connectivity index (χ0v) is 12.0. The van der Waals surface area contributed by atoms with Crippen molar-refractivity contribution in [3.05, 3.63) is 63.2 Å². The standard InChI is InChI=1S/C16H16ClNO/c1-9-7-10(2)14(11(3)8-9)16(19)12-5-4-6-13(17)15(12)18/h4-8H,18H2,1-3H3.